The lowest BCUT2D eigenvalue weighted by atomic mass is 9.81. The summed E-state index contributed by atoms with van der Waals surface area (Å²) in [4.78, 5) is 53.2. The first-order valence-corrected chi connectivity index (χ1v) is 11.9. The highest BCUT2D eigenvalue weighted by Gasteiger charge is 2.48. The lowest BCUT2D eigenvalue weighted by Crippen LogP contribution is -2.39. The van der Waals surface area contributed by atoms with Crippen molar-refractivity contribution >= 4 is 23.7 Å². The average molecular weight is 463 g/mol. The standard InChI is InChI=1S/C27H30N2O5/c30-24(19-34-25(31)18-29-26(32)22-13-7-8-14-23(22)27(29)33)28(17-21-11-5-2-6-12-21)16-15-20-9-3-1-4-10-20/h1-6,9-12,22-23H,7-8,13-19H2/t22-,23-/m0/s1. The van der Waals surface area contributed by atoms with Gasteiger partial charge in [0.2, 0.25) is 11.8 Å². The summed E-state index contributed by atoms with van der Waals surface area (Å²) in [5, 5.41) is 0. The zero-order valence-corrected chi connectivity index (χ0v) is 19.2. The molecule has 2 aromatic carbocycles. The van der Waals surface area contributed by atoms with Gasteiger partial charge in [-0.1, -0.05) is 73.5 Å². The van der Waals surface area contributed by atoms with E-state index in [0.29, 0.717) is 32.4 Å². The Kier molecular flexibility index (Phi) is 7.72. The van der Waals surface area contributed by atoms with Gasteiger partial charge in [0.05, 0.1) is 11.8 Å². The second-order valence-electron chi connectivity index (χ2n) is 8.96. The summed E-state index contributed by atoms with van der Waals surface area (Å²) in [6, 6.07) is 19.5. The maximum atomic E-state index is 12.9. The van der Waals surface area contributed by atoms with E-state index >= 15 is 0 Å². The first-order chi connectivity index (χ1) is 16.5. The van der Waals surface area contributed by atoms with Crippen LogP contribution in [0.5, 0.6) is 0 Å². The van der Waals surface area contributed by atoms with Gasteiger partial charge in [-0.15, -0.1) is 0 Å². The topological polar surface area (TPSA) is 84.0 Å². The van der Waals surface area contributed by atoms with E-state index in [-0.39, 0.29) is 29.6 Å². The summed E-state index contributed by atoms with van der Waals surface area (Å²) in [6.07, 6.45) is 3.90. The molecule has 1 saturated carbocycles. The first kappa shape index (κ1) is 23.7. The van der Waals surface area contributed by atoms with Crippen molar-refractivity contribution in [3.63, 3.8) is 0 Å². The van der Waals surface area contributed by atoms with Gasteiger partial charge in [-0.25, -0.2) is 0 Å². The molecule has 0 bridgehead atoms. The van der Waals surface area contributed by atoms with E-state index in [4.69, 9.17) is 4.74 Å². The predicted molar refractivity (Wildman–Crippen MR) is 125 cm³/mol. The Morgan fingerprint density at radius 2 is 1.41 bits per heavy atom. The second kappa shape index (κ2) is 11.1. The largest absolute Gasteiger partial charge is 0.454 e. The Morgan fingerprint density at radius 3 is 2.00 bits per heavy atom. The Bertz CT molecular complexity index is 1000. The van der Waals surface area contributed by atoms with E-state index in [1.165, 1.54) is 0 Å². The number of ether oxygens (including phenoxy) is 1. The summed E-state index contributed by atoms with van der Waals surface area (Å²) >= 11 is 0. The molecule has 34 heavy (non-hydrogen) atoms. The van der Waals surface area contributed by atoms with Gasteiger partial charge in [-0.3, -0.25) is 24.1 Å². The summed E-state index contributed by atoms with van der Waals surface area (Å²) in [5.41, 5.74) is 2.09. The number of fused-ring (bicyclic) bond motifs is 1. The maximum absolute atomic E-state index is 12.9. The van der Waals surface area contributed by atoms with Crippen LogP contribution in [-0.4, -0.2) is 53.2 Å². The number of likely N-dealkylation sites (tertiary alicyclic amines) is 1. The SMILES string of the molecule is O=C(CN1C(=O)[C@H]2CCCC[C@@H]2C1=O)OCC(=O)N(CCc1ccccc1)Cc1ccccc1. The molecule has 4 rings (SSSR count). The van der Waals surface area contributed by atoms with Gasteiger partial charge < -0.3 is 9.64 Å². The monoisotopic (exact) mass is 462 g/mol. The Hall–Kier alpha value is -3.48. The van der Waals surface area contributed by atoms with E-state index in [1.54, 1.807) is 4.90 Å². The number of carbonyl (C=O) groups is 4. The van der Waals surface area contributed by atoms with E-state index < -0.39 is 19.1 Å². The molecule has 7 heteroatoms. The molecule has 178 valence electrons. The summed E-state index contributed by atoms with van der Waals surface area (Å²) in [5.74, 6) is -2.25. The van der Waals surface area contributed by atoms with Gasteiger partial charge in [-0.05, 0) is 30.4 Å². The minimum absolute atomic E-state index is 0.286. The number of rotatable bonds is 9. The molecule has 0 unspecified atom stereocenters. The van der Waals surface area contributed by atoms with Crippen molar-refractivity contribution < 1.29 is 23.9 Å². The molecule has 2 atom stereocenters. The Labute approximate surface area is 199 Å². The molecule has 2 aliphatic rings. The molecule has 2 aromatic rings. The molecule has 2 fully saturated rings. The molecular formula is C27H30N2O5. The highest BCUT2D eigenvalue weighted by atomic mass is 16.5. The van der Waals surface area contributed by atoms with E-state index in [2.05, 4.69) is 0 Å². The summed E-state index contributed by atoms with van der Waals surface area (Å²) < 4.78 is 5.21. The highest BCUT2D eigenvalue weighted by Crippen LogP contribution is 2.37. The van der Waals surface area contributed by atoms with Gasteiger partial charge in [-0.2, -0.15) is 0 Å². The van der Waals surface area contributed by atoms with Crippen LogP contribution < -0.4 is 0 Å². The van der Waals surface area contributed by atoms with Crippen LogP contribution in [0.25, 0.3) is 0 Å². The zero-order chi connectivity index (χ0) is 23.9. The predicted octanol–water partition coefficient (Wildman–Crippen LogP) is 2.98. The fourth-order valence-electron chi connectivity index (χ4n) is 4.80. The number of hydrogen-bond donors (Lipinski definition) is 0. The lowest BCUT2D eigenvalue weighted by molar-refractivity contribution is -0.156. The average Bonchev–Trinajstić information content (AvgIpc) is 3.11. The van der Waals surface area contributed by atoms with Crippen LogP contribution in [0.4, 0.5) is 0 Å². The van der Waals surface area contributed by atoms with Crippen molar-refractivity contribution in [2.45, 2.75) is 38.6 Å². The second-order valence-corrected chi connectivity index (χ2v) is 8.96. The number of benzene rings is 2. The molecule has 0 radical (unpaired) electrons. The Morgan fingerprint density at radius 1 is 0.853 bits per heavy atom. The van der Waals surface area contributed by atoms with Crippen molar-refractivity contribution in [2.24, 2.45) is 11.8 Å². The number of carbonyl (C=O) groups excluding carboxylic acids is 4. The normalized spacial score (nSPS) is 19.6. The molecule has 0 aromatic heterocycles. The van der Waals surface area contributed by atoms with Crippen LogP contribution in [0.1, 0.15) is 36.8 Å². The third-order valence-corrected chi connectivity index (χ3v) is 6.66. The smallest absolute Gasteiger partial charge is 0.326 e. The minimum atomic E-state index is -0.739. The van der Waals surface area contributed by atoms with Gasteiger partial charge in [0.15, 0.2) is 6.61 Å². The zero-order valence-electron chi connectivity index (χ0n) is 19.2. The molecule has 0 spiro atoms. The molecule has 1 saturated heterocycles. The highest BCUT2D eigenvalue weighted by molar-refractivity contribution is 6.07. The number of esters is 1. The van der Waals surface area contributed by atoms with Gasteiger partial charge >= 0.3 is 5.97 Å². The van der Waals surface area contributed by atoms with Crippen LogP contribution in [0, 0.1) is 11.8 Å². The maximum Gasteiger partial charge on any atom is 0.326 e. The first-order valence-electron chi connectivity index (χ1n) is 11.9. The van der Waals surface area contributed by atoms with Crippen LogP contribution in [-0.2, 0) is 36.9 Å². The fourth-order valence-corrected chi connectivity index (χ4v) is 4.80. The number of amides is 3. The van der Waals surface area contributed by atoms with Crippen molar-refractivity contribution in [2.75, 3.05) is 19.7 Å². The van der Waals surface area contributed by atoms with Crippen LogP contribution >= 0.6 is 0 Å². The molecular weight excluding hydrogens is 432 g/mol. The number of imide groups is 1. The molecule has 7 nitrogen and oxygen atoms in total. The summed E-state index contributed by atoms with van der Waals surface area (Å²) in [6.45, 7) is 0.0163. The molecule has 3 amide bonds. The van der Waals surface area contributed by atoms with E-state index in [9.17, 15) is 19.2 Å². The van der Waals surface area contributed by atoms with E-state index in [1.807, 2.05) is 60.7 Å². The third kappa shape index (κ3) is 5.71. The van der Waals surface area contributed by atoms with Crippen molar-refractivity contribution in [1.82, 2.24) is 9.80 Å². The lowest BCUT2D eigenvalue weighted by Gasteiger charge is -2.23. The van der Waals surface area contributed by atoms with Crippen molar-refractivity contribution in [3.05, 3.63) is 71.8 Å². The van der Waals surface area contributed by atoms with Crippen LogP contribution in [0.15, 0.2) is 60.7 Å². The molecule has 1 aliphatic carbocycles. The van der Waals surface area contributed by atoms with Crippen LogP contribution in [0.2, 0.25) is 0 Å². The number of nitrogens with zero attached hydrogens (tertiary/aromatic N) is 2. The quantitative estimate of drug-likeness (QED) is 0.423. The molecule has 1 aliphatic heterocycles. The molecule has 1 heterocycles. The number of hydrogen-bond acceptors (Lipinski definition) is 5. The van der Waals surface area contributed by atoms with Gasteiger partial charge in [0, 0.05) is 13.1 Å². The summed E-state index contributed by atoms with van der Waals surface area (Å²) in [7, 11) is 0. The van der Waals surface area contributed by atoms with E-state index in [0.717, 1.165) is 28.9 Å². The van der Waals surface area contributed by atoms with Gasteiger partial charge in [0.25, 0.3) is 5.91 Å². The van der Waals surface area contributed by atoms with Crippen molar-refractivity contribution in [1.29, 1.82) is 0 Å². The van der Waals surface area contributed by atoms with Crippen LogP contribution in [0.3, 0.4) is 0 Å². The fraction of sp³-hybridized carbons (Fsp3) is 0.407. The Balaban J connectivity index is 1.33. The molecule has 0 N–H and O–H groups in total. The minimum Gasteiger partial charge on any atom is -0.454 e. The van der Waals surface area contributed by atoms with Gasteiger partial charge in [0.1, 0.15) is 6.54 Å². The third-order valence-electron chi connectivity index (χ3n) is 6.66. The van der Waals surface area contributed by atoms with Crippen molar-refractivity contribution in [3.8, 4) is 0 Å².